The summed E-state index contributed by atoms with van der Waals surface area (Å²) in [4.78, 5) is 11.6. The molecule has 1 aromatic carbocycles. The van der Waals surface area contributed by atoms with Crippen LogP contribution in [-0.4, -0.2) is 11.6 Å². The first-order valence-corrected chi connectivity index (χ1v) is 6.06. The van der Waals surface area contributed by atoms with E-state index in [1.807, 2.05) is 19.1 Å². The van der Waals surface area contributed by atoms with E-state index in [2.05, 4.69) is 25.6 Å². The number of ether oxygens (including phenoxy) is 1. The van der Waals surface area contributed by atoms with Crippen LogP contribution >= 0.6 is 0 Å². The van der Waals surface area contributed by atoms with Gasteiger partial charge in [0.25, 0.3) is 0 Å². The van der Waals surface area contributed by atoms with Crippen molar-refractivity contribution in [2.24, 2.45) is 0 Å². The minimum Gasteiger partial charge on any atom is -0.453 e. The van der Waals surface area contributed by atoms with Crippen molar-refractivity contribution in [3.05, 3.63) is 42.0 Å². The van der Waals surface area contributed by atoms with Crippen LogP contribution in [0.15, 0.2) is 30.8 Å². The van der Waals surface area contributed by atoms with Crippen LogP contribution in [0.2, 0.25) is 0 Å². The van der Waals surface area contributed by atoms with Gasteiger partial charge >= 0.3 is 5.97 Å². The van der Waals surface area contributed by atoms with E-state index < -0.39 is 5.60 Å². The minimum atomic E-state index is -0.455. The fraction of sp³-hybridized carbons (Fsp3) is 0.400. The van der Waals surface area contributed by atoms with Gasteiger partial charge in [-0.05, 0) is 16.7 Å². The Hall–Kier alpha value is -1.57. The lowest BCUT2D eigenvalue weighted by Gasteiger charge is -2.17. The Morgan fingerprint density at radius 3 is 2.82 bits per heavy atom. The molecule has 2 atom stereocenters. The summed E-state index contributed by atoms with van der Waals surface area (Å²) < 4.78 is 5.68. The van der Waals surface area contributed by atoms with Crippen molar-refractivity contribution in [1.29, 1.82) is 0 Å². The summed E-state index contributed by atoms with van der Waals surface area (Å²) in [5.41, 5.74) is 2.89. The van der Waals surface area contributed by atoms with Gasteiger partial charge in [0.1, 0.15) is 5.60 Å². The van der Waals surface area contributed by atoms with Crippen molar-refractivity contribution in [2.45, 2.75) is 37.7 Å². The number of fused-ring (bicyclic) bond motifs is 3. The van der Waals surface area contributed by atoms with Gasteiger partial charge in [-0.1, -0.05) is 44.7 Å². The van der Waals surface area contributed by atoms with Crippen LogP contribution in [-0.2, 0) is 14.9 Å². The Morgan fingerprint density at radius 1 is 1.47 bits per heavy atom. The molecular formula is C15H16O2. The summed E-state index contributed by atoms with van der Waals surface area (Å²) in [5.74, 6) is -0.136. The maximum absolute atomic E-state index is 11.6. The van der Waals surface area contributed by atoms with E-state index in [4.69, 9.17) is 4.74 Å². The van der Waals surface area contributed by atoms with Crippen molar-refractivity contribution in [3.63, 3.8) is 0 Å². The summed E-state index contributed by atoms with van der Waals surface area (Å²) in [6.07, 6.45) is 1.29. The second kappa shape index (κ2) is 3.00. The summed E-state index contributed by atoms with van der Waals surface area (Å²) in [6, 6.07) is 8.23. The molecule has 0 N–H and O–H groups in total. The molecule has 0 heterocycles. The number of rotatable bonds is 2. The largest absolute Gasteiger partial charge is 0.453 e. The van der Waals surface area contributed by atoms with Gasteiger partial charge in [-0.2, -0.15) is 0 Å². The van der Waals surface area contributed by atoms with Gasteiger partial charge < -0.3 is 4.74 Å². The van der Waals surface area contributed by atoms with Crippen LogP contribution in [0, 0.1) is 0 Å². The van der Waals surface area contributed by atoms with Crippen molar-refractivity contribution in [3.8, 4) is 0 Å². The number of hydrogen-bond acceptors (Lipinski definition) is 2. The average Bonchev–Trinajstić information content (AvgIpc) is 2.90. The molecule has 1 aromatic rings. The number of carbonyl (C=O) groups excluding carboxylic acids is 1. The molecule has 0 bridgehead atoms. The average molecular weight is 228 g/mol. The summed E-state index contributed by atoms with van der Waals surface area (Å²) in [5, 5.41) is 0. The lowest BCUT2D eigenvalue weighted by atomic mass is 9.97. The first-order valence-electron chi connectivity index (χ1n) is 6.06. The van der Waals surface area contributed by atoms with Crippen LogP contribution in [0.4, 0.5) is 0 Å². The molecule has 1 saturated carbocycles. The second-order valence-corrected chi connectivity index (χ2v) is 5.19. The van der Waals surface area contributed by atoms with Crippen molar-refractivity contribution in [2.75, 3.05) is 0 Å². The summed E-state index contributed by atoms with van der Waals surface area (Å²) in [6.45, 7) is 8.13. The standard InChI is InChI=1S/C15H16O2/c1-4-13(16)17-15-9-14(15,3)12-8-6-5-7-11(12)10(15)2/h5-8H,2,4,9H2,1,3H3. The highest BCUT2D eigenvalue weighted by Gasteiger charge is 2.74. The van der Waals surface area contributed by atoms with E-state index in [0.717, 1.165) is 17.6 Å². The normalized spacial score (nSPS) is 32.9. The molecule has 0 spiro atoms. The third-order valence-electron chi connectivity index (χ3n) is 4.28. The summed E-state index contributed by atoms with van der Waals surface area (Å²) in [7, 11) is 0. The monoisotopic (exact) mass is 228 g/mol. The highest BCUT2D eigenvalue weighted by molar-refractivity contribution is 5.89. The van der Waals surface area contributed by atoms with E-state index in [0.29, 0.717) is 6.42 Å². The van der Waals surface area contributed by atoms with Gasteiger partial charge in [-0.15, -0.1) is 0 Å². The first-order chi connectivity index (χ1) is 8.05. The molecule has 17 heavy (non-hydrogen) atoms. The smallest absolute Gasteiger partial charge is 0.306 e. The van der Waals surface area contributed by atoms with E-state index in [1.165, 1.54) is 5.56 Å². The molecule has 0 radical (unpaired) electrons. The number of hydrogen-bond donors (Lipinski definition) is 0. The molecule has 2 aliphatic rings. The van der Waals surface area contributed by atoms with Crippen LogP contribution in [0.25, 0.3) is 5.57 Å². The fourth-order valence-electron chi connectivity index (χ4n) is 3.13. The first kappa shape index (κ1) is 10.6. The molecule has 1 fully saturated rings. The molecule has 2 nitrogen and oxygen atoms in total. The van der Waals surface area contributed by atoms with E-state index >= 15 is 0 Å². The van der Waals surface area contributed by atoms with Gasteiger partial charge in [-0.3, -0.25) is 4.79 Å². The van der Waals surface area contributed by atoms with E-state index in [9.17, 15) is 4.79 Å². The number of carbonyl (C=O) groups is 1. The lowest BCUT2D eigenvalue weighted by molar-refractivity contribution is -0.148. The zero-order valence-corrected chi connectivity index (χ0v) is 10.2. The van der Waals surface area contributed by atoms with E-state index in [-0.39, 0.29) is 11.4 Å². The Bertz CT molecular complexity index is 531. The number of benzene rings is 1. The maximum atomic E-state index is 11.6. The molecule has 3 rings (SSSR count). The van der Waals surface area contributed by atoms with Gasteiger partial charge in [0, 0.05) is 18.3 Å². The minimum absolute atomic E-state index is 0.0501. The topological polar surface area (TPSA) is 26.3 Å². The molecular weight excluding hydrogens is 212 g/mol. The molecule has 0 saturated heterocycles. The Balaban J connectivity index is 2.05. The quantitative estimate of drug-likeness (QED) is 0.727. The molecule has 0 amide bonds. The maximum Gasteiger partial charge on any atom is 0.306 e. The van der Waals surface area contributed by atoms with Crippen LogP contribution in [0.5, 0.6) is 0 Å². The van der Waals surface area contributed by atoms with Crippen molar-refractivity contribution < 1.29 is 9.53 Å². The Kier molecular flexibility index (Phi) is 1.87. The molecule has 2 unspecified atom stereocenters. The second-order valence-electron chi connectivity index (χ2n) is 5.19. The zero-order valence-electron chi connectivity index (χ0n) is 10.2. The van der Waals surface area contributed by atoms with Gasteiger partial charge in [0.2, 0.25) is 0 Å². The molecule has 2 heteroatoms. The van der Waals surface area contributed by atoms with Gasteiger partial charge in [-0.25, -0.2) is 0 Å². The zero-order chi connectivity index (χ0) is 12.3. The highest BCUT2D eigenvalue weighted by Crippen LogP contribution is 2.71. The Labute approximate surface area is 101 Å². The van der Waals surface area contributed by atoms with Gasteiger partial charge in [0.05, 0.1) is 0 Å². The SMILES string of the molecule is C=C1c2ccccc2C2(C)CC12OC(=O)CC. The fourth-order valence-corrected chi connectivity index (χ4v) is 3.13. The van der Waals surface area contributed by atoms with Crippen molar-refractivity contribution >= 4 is 11.5 Å². The Morgan fingerprint density at radius 2 is 2.18 bits per heavy atom. The van der Waals surface area contributed by atoms with Crippen LogP contribution in [0.1, 0.15) is 37.8 Å². The molecule has 2 aliphatic carbocycles. The molecule has 0 aromatic heterocycles. The molecule has 88 valence electrons. The predicted molar refractivity (Wildman–Crippen MR) is 66.6 cm³/mol. The predicted octanol–water partition coefficient (Wildman–Crippen LogP) is 3.07. The lowest BCUT2D eigenvalue weighted by Crippen LogP contribution is -2.24. The van der Waals surface area contributed by atoms with Crippen molar-refractivity contribution in [1.82, 2.24) is 0 Å². The van der Waals surface area contributed by atoms with Crippen LogP contribution in [0.3, 0.4) is 0 Å². The summed E-state index contributed by atoms with van der Waals surface area (Å²) >= 11 is 0. The number of esters is 1. The third kappa shape index (κ3) is 1.08. The third-order valence-corrected chi connectivity index (χ3v) is 4.28. The highest BCUT2D eigenvalue weighted by atomic mass is 16.6. The molecule has 0 aliphatic heterocycles. The van der Waals surface area contributed by atoms with Gasteiger partial charge in [0.15, 0.2) is 0 Å². The van der Waals surface area contributed by atoms with Crippen LogP contribution < -0.4 is 0 Å². The van der Waals surface area contributed by atoms with E-state index in [1.54, 1.807) is 0 Å².